The summed E-state index contributed by atoms with van der Waals surface area (Å²) in [6, 6.07) is 7.55. The maximum atomic E-state index is 12.0. The molecule has 19 heavy (non-hydrogen) atoms. The van der Waals surface area contributed by atoms with Crippen LogP contribution in [-0.2, 0) is 4.74 Å². The third-order valence-electron chi connectivity index (χ3n) is 2.79. The highest BCUT2D eigenvalue weighted by Gasteiger charge is 2.14. The second kappa shape index (κ2) is 8.16. The van der Waals surface area contributed by atoms with Crippen LogP contribution < -0.4 is 21.5 Å². The molecule has 1 aromatic carbocycles. The van der Waals surface area contributed by atoms with E-state index >= 15 is 0 Å². The number of rotatable bonds is 8. The van der Waals surface area contributed by atoms with Crippen LogP contribution in [0.15, 0.2) is 24.3 Å². The summed E-state index contributed by atoms with van der Waals surface area (Å²) < 4.78 is 17.3. The zero-order chi connectivity index (χ0) is 14.3. The van der Waals surface area contributed by atoms with Gasteiger partial charge in [0.25, 0.3) is 0 Å². The van der Waals surface area contributed by atoms with Crippen molar-refractivity contribution in [1.29, 1.82) is 0 Å². The molecule has 7 heteroatoms. The summed E-state index contributed by atoms with van der Waals surface area (Å²) in [5.41, 5.74) is 3.07. The van der Waals surface area contributed by atoms with Crippen molar-refractivity contribution in [1.82, 2.24) is 21.5 Å². The highest BCUT2D eigenvalue weighted by atomic mass is 19.2. The van der Waals surface area contributed by atoms with Crippen molar-refractivity contribution in [3.63, 3.8) is 0 Å². The molecular weight excluding hydrogens is 251 g/mol. The van der Waals surface area contributed by atoms with Crippen LogP contribution in [0.3, 0.4) is 0 Å². The predicted octanol–water partition coefficient (Wildman–Crippen LogP) is 0.109. The van der Waals surface area contributed by atoms with E-state index in [0.717, 1.165) is 11.1 Å². The minimum absolute atomic E-state index is 0.173. The Morgan fingerprint density at radius 1 is 1.11 bits per heavy atom. The second-order valence-electron chi connectivity index (χ2n) is 3.97. The Labute approximate surface area is 112 Å². The highest BCUT2D eigenvalue weighted by Crippen LogP contribution is 2.17. The molecule has 1 aromatic rings. The van der Waals surface area contributed by atoms with E-state index in [-0.39, 0.29) is 12.4 Å². The molecular formula is C12H21FN4O2. The molecule has 0 aliphatic rings. The molecule has 0 aliphatic heterocycles. The monoisotopic (exact) mass is 272 g/mol. The van der Waals surface area contributed by atoms with Gasteiger partial charge in [-0.15, -0.1) is 10.0 Å². The second-order valence-corrected chi connectivity index (χ2v) is 3.97. The van der Waals surface area contributed by atoms with E-state index in [0.29, 0.717) is 0 Å². The minimum Gasteiger partial charge on any atom is -0.364 e. The van der Waals surface area contributed by atoms with Crippen molar-refractivity contribution in [2.24, 2.45) is 0 Å². The molecule has 0 saturated carbocycles. The zero-order valence-electron chi connectivity index (χ0n) is 11.3. The highest BCUT2D eigenvalue weighted by molar-refractivity contribution is 5.26. The van der Waals surface area contributed by atoms with Crippen molar-refractivity contribution in [2.45, 2.75) is 18.7 Å². The van der Waals surface area contributed by atoms with Gasteiger partial charge in [0.15, 0.2) is 6.35 Å². The fourth-order valence-electron chi connectivity index (χ4n) is 1.82. The van der Waals surface area contributed by atoms with Gasteiger partial charge in [-0.1, -0.05) is 24.3 Å². The van der Waals surface area contributed by atoms with Crippen molar-refractivity contribution in [3.05, 3.63) is 35.4 Å². The number of nitrogens with one attached hydrogen (secondary N) is 4. The first-order valence-corrected chi connectivity index (χ1v) is 5.93. The minimum atomic E-state index is -1.43. The van der Waals surface area contributed by atoms with Crippen LogP contribution in [0.1, 0.15) is 23.5 Å². The molecule has 0 aliphatic carbocycles. The van der Waals surface area contributed by atoms with Gasteiger partial charge in [0.2, 0.25) is 0 Å². The third-order valence-corrected chi connectivity index (χ3v) is 2.79. The molecule has 0 heterocycles. The normalized spacial score (nSPS) is 16.1. The number of methoxy groups -OCH3 is 1. The van der Waals surface area contributed by atoms with Gasteiger partial charge in [-0.2, -0.15) is 0 Å². The number of ether oxygens (including phenoxy) is 1. The fraction of sp³-hybridized carbons (Fsp3) is 0.500. The van der Waals surface area contributed by atoms with Crippen LogP contribution in [0.25, 0.3) is 0 Å². The van der Waals surface area contributed by atoms with Gasteiger partial charge < -0.3 is 15.2 Å². The van der Waals surface area contributed by atoms with E-state index in [1.54, 1.807) is 14.2 Å². The van der Waals surface area contributed by atoms with Gasteiger partial charge in [0.1, 0.15) is 6.23 Å². The summed E-state index contributed by atoms with van der Waals surface area (Å²) in [6.07, 6.45) is -1.97. The smallest absolute Gasteiger partial charge is 0.188 e. The summed E-state index contributed by atoms with van der Waals surface area (Å²) in [6.45, 7) is 0. The Bertz CT molecular complexity index is 359. The van der Waals surface area contributed by atoms with Gasteiger partial charge >= 0.3 is 0 Å². The standard InChI is InChI=1S/C12H21FN4O2/c1-14-10(16-12(18)17-13)8-4-6-9(7-5-8)11(15-2)19-3/h4-7,10-12,14-18H,1-3H3. The molecule has 0 spiro atoms. The topological polar surface area (TPSA) is 77.6 Å². The van der Waals surface area contributed by atoms with Crippen LogP contribution >= 0.6 is 0 Å². The van der Waals surface area contributed by atoms with E-state index in [1.165, 1.54) is 5.54 Å². The third kappa shape index (κ3) is 4.50. The van der Waals surface area contributed by atoms with Crippen molar-refractivity contribution < 1.29 is 14.3 Å². The largest absolute Gasteiger partial charge is 0.364 e. The molecule has 0 bridgehead atoms. The quantitative estimate of drug-likeness (QED) is 0.341. The summed E-state index contributed by atoms with van der Waals surface area (Å²) in [5.74, 6) is 0. The molecule has 0 saturated heterocycles. The average Bonchev–Trinajstić information content (AvgIpc) is 2.46. The SMILES string of the molecule is CNC(NC(O)NF)c1ccc(C(NC)OC)cc1. The lowest BCUT2D eigenvalue weighted by Crippen LogP contribution is -2.44. The van der Waals surface area contributed by atoms with Gasteiger partial charge in [0.05, 0.1) is 6.17 Å². The number of aliphatic hydroxyl groups excluding tert-OH is 1. The first-order valence-electron chi connectivity index (χ1n) is 5.93. The van der Waals surface area contributed by atoms with E-state index in [1.807, 2.05) is 31.3 Å². The van der Waals surface area contributed by atoms with E-state index in [2.05, 4.69) is 16.0 Å². The lowest BCUT2D eigenvalue weighted by Gasteiger charge is -2.22. The maximum absolute atomic E-state index is 12.0. The average molecular weight is 272 g/mol. The van der Waals surface area contributed by atoms with Crippen molar-refractivity contribution in [3.8, 4) is 0 Å². The molecule has 3 atom stereocenters. The molecule has 0 amide bonds. The molecule has 1 rings (SSSR count). The molecule has 0 radical (unpaired) electrons. The lowest BCUT2D eigenvalue weighted by molar-refractivity contribution is 0.0239. The Hall–Kier alpha value is -1.09. The molecule has 0 aromatic heterocycles. The molecule has 5 N–H and O–H groups in total. The Morgan fingerprint density at radius 3 is 2.11 bits per heavy atom. The zero-order valence-corrected chi connectivity index (χ0v) is 11.3. The van der Waals surface area contributed by atoms with Crippen molar-refractivity contribution >= 4 is 0 Å². The Balaban J connectivity index is 2.78. The molecule has 0 fully saturated rings. The van der Waals surface area contributed by atoms with E-state index in [9.17, 15) is 9.59 Å². The summed E-state index contributed by atoms with van der Waals surface area (Å²) in [5, 5.41) is 17.7. The molecule has 6 nitrogen and oxygen atoms in total. The lowest BCUT2D eigenvalue weighted by atomic mass is 10.1. The summed E-state index contributed by atoms with van der Waals surface area (Å²) in [7, 11) is 5.14. The molecule has 108 valence electrons. The van der Waals surface area contributed by atoms with Gasteiger partial charge in [-0.25, -0.2) is 0 Å². The summed E-state index contributed by atoms with van der Waals surface area (Å²) in [4.78, 5) is 0. The first kappa shape index (κ1) is 16.0. The van der Waals surface area contributed by atoms with E-state index < -0.39 is 6.35 Å². The maximum Gasteiger partial charge on any atom is 0.188 e. The fourth-order valence-corrected chi connectivity index (χ4v) is 1.82. The van der Waals surface area contributed by atoms with E-state index in [4.69, 9.17) is 4.74 Å². The Kier molecular flexibility index (Phi) is 6.85. The van der Waals surface area contributed by atoms with Crippen LogP contribution in [0.2, 0.25) is 0 Å². The number of aliphatic hydroxyl groups is 1. The van der Waals surface area contributed by atoms with Crippen LogP contribution in [0, 0.1) is 0 Å². The number of benzene rings is 1. The van der Waals surface area contributed by atoms with Crippen LogP contribution in [0.4, 0.5) is 4.48 Å². The summed E-state index contributed by atoms with van der Waals surface area (Å²) >= 11 is 0. The van der Waals surface area contributed by atoms with Gasteiger partial charge in [-0.05, 0) is 25.2 Å². The van der Waals surface area contributed by atoms with Crippen LogP contribution in [0.5, 0.6) is 0 Å². The van der Waals surface area contributed by atoms with Gasteiger partial charge in [-0.3, -0.25) is 10.6 Å². The van der Waals surface area contributed by atoms with Crippen molar-refractivity contribution in [2.75, 3.05) is 21.2 Å². The number of hydrogen-bond acceptors (Lipinski definition) is 6. The predicted molar refractivity (Wildman–Crippen MR) is 70.4 cm³/mol. The Morgan fingerprint density at radius 2 is 1.68 bits per heavy atom. The first-order chi connectivity index (χ1) is 9.15. The molecule has 3 unspecified atom stereocenters. The number of hydrogen-bond donors (Lipinski definition) is 5. The number of halogens is 1. The van der Waals surface area contributed by atoms with Crippen LogP contribution in [-0.4, -0.2) is 32.7 Å². The van der Waals surface area contributed by atoms with Gasteiger partial charge in [0, 0.05) is 7.11 Å².